The molecule has 0 saturated carbocycles. The van der Waals surface area contributed by atoms with Gasteiger partial charge in [-0.2, -0.15) is 0 Å². The highest BCUT2D eigenvalue weighted by Crippen LogP contribution is 2.36. The van der Waals surface area contributed by atoms with Crippen molar-refractivity contribution in [3.05, 3.63) is 59.4 Å². The van der Waals surface area contributed by atoms with E-state index in [1.54, 1.807) is 0 Å². The third kappa shape index (κ3) is 3.81. The second kappa shape index (κ2) is 8.40. The largest absolute Gasteiger partial charge is 0.328 e. The lowest BCUT2D eigenvalue weighted by Crippen LogP contribution is -2.26. The first-order valence-corrected chi connectivity index (χ1v) is 10.9. The molecule has 1 unspecified atom stereocenters. The number of nitrogens with zero attached hydrogens (tertiary/aromatic N) is 3. The Morgan fingerprint density at radius 2 is 1.76 bits per heavy atom. The molecule has 1 atom stereocenters. The zero-order chi connectivity index (χ0) is 20.4. The van der Waals surface area contributed by atoms with E-state index in [4.69, 9.17) is 4.98 Å². The van der Waals surface area contributed by atoms with Crippen molar-refractivity contribution < 1.29 is 4.79 Å². The average Bonchev–Trinajstić information content (AvgIpc) is 3.26. The molecule has 2 heterocycles. The highest BCUT2D eigenvalue weighted by Gasteiger charge is 2.35. The van der Waals surface area contributed by atoms with Crippen LogP contribution in [0.25, 0.3) is 11.0 Å². The van der Waals surface area contributed by atoms with Crippen molar-refractivity contribution >= 4 is 22.6 Å². The maximum absolute atomic E-state index is 13.0. The first-order chi connectivity index (χ1) is 14.1. The zero-order valence-electron chi connectivity index (χ0n) is 17.8. The molecule has 0 bridgehead atoms. The van der Waals surface area contributed by atoms with E-state index < -0.39 is 0 Å². The van der Waals surface area contributed by atoms with Crippen molar-refractivity contribution in [1.82, 2.24) is 9.55 Å². The van der Waals surface area contributed by atoms with E-state index in [0.717, 1.165) is 41.1 Å². The van der Waals surface area contributed by atoms with E-state index in [1.807, 2.05) is 11.0 Å². The number of amides is 1. The van der Waals surface area contributed by atoms with Crippen molar-refractivity contribution in [2.45, 2.75) is 65.3 Å². The van der Waals surface area contributed by atoms with E-state index in [1.165, 1.54) is 24.8 Å². The van der Waals surface area contributed by atoms with Gasteiger partial charge in [-0.25, -0.2) is 4.98 Å². The Kier molecular flexibility index (Phi) is 5.70. The van der Waals surface area contributed by atoms with Gasteiger partial charge in [-0.1, -0.05) is 56.5 Å². The van der Waals surface area contributed by atoms with Crippen molar-refractivity contribution in [1.29, 1.82) is 0 Å². The molecule has 1 aromatic heterocycles. The first kappa shape index (κ1) is 19.7. The topological polar surface area (TPSA) is 38.1 Å². The number of hydrogen-bond acceptors (Lipinski definition) is 2. The molecule has 1 aliphatic rings. The molecule has 3 aromatic rings. The van der Waals surface area contributed by atoms with Crippen LogP contribution in [0.1, 0.15) is 61.9 Å². The SMILES string of the molecule is CCCCCCn1c(C2CC(=O)N(c3c(C)cccc3C)C2)nc2ccccc21. The summed E-state index contributed by atoms with van der Waals surface area (Å²) in [5, 5.41) is 0. The number of benzene rings is 2. The molecule has 29 heavy (non-hydrogen) atoms. The lowest BCUT2D eigenvalue weighted by Gasteiger charge is -2.21. The summed E-state index contributed by atoms with van der Waals surface area (Å²) >= 11 is 0. The van der Waals surface area contributed by atoms with Crippen LogP contribution in [0, 0.1) is 13.8 Å². The van der Waals surface area contributed by atoms with Crippen LogP contribution in [0.15, 0.2) is 42.5 Å². The second-order valence-electron chi connectivity index (χ2n) is 8.32. The minimum absolute atomic E-state index is 0.139. The first-order valence-electron chi connectivity index (χ1n) is 10.9. The zero-order valence-corrected chi connectivity index (χ0v) is 17.8. The van der Waals surface area contributed by atoms with Crippen molar-refractivity contribution in [3.63, 3.8) is 0 Å². The highest BCUT2D eigenvalue weighted by molar-refractivity contribution is 5.98. The number of carbonyl (C=O) groups excluding carboxylic acids is 1. The summed E-state index contributed by atoms with van der Waals surface area (Å²) in [6.45, 7) is 8.11. The van der Waals surface area contributed by atoms with Crippen LogP contribution >= 0.6 is 0 Å². The molecule has 4 nitrogen and oxygen atoms in total. The Bertz CT molecular complexity index is 1000. The van der Waals surface area contributed by atoms with Crippen LogP contribution in [-0.2, 0) is 11.3 Å². The molecule has 1 saturated heterocycles. The molecule has 4 rings (SSSR count). The molecule has 0 spiro atoms. The second-order valence-corrected chi connectivity index (χ2v) is 8.32. The summed E-state index contributed by atoms with van der Waals surface area (Å²) in [5.41, 5.74) is 5.62. The summed E-state index contributed by atoms with van der Waals surface area (Å²) in [6.07, 6.45) is 5.43. The monoisotopic (exact) mass is 389 g/mol. The summed E-state index contributed by atoms with van der Waals surface area (Å²) < 4.78 is 2.37. The Morgan fingerprint density at radius 1 is 1.00 bits per heavy atom. The number of carbonyl (C=O) groups is 1. The normalized spacial score (nSPS) is 16.9. The lowest BCUT2D eigenvalue weighted by atomic mass is 10.1. The number of aromatic nitrogens is 2. The number of aryl methyl sites for hydroxylation is 3. The van der Waals surface area contributed by atoms with Crippen LogP contribution in [0.4, 0.5) is 5.69 Å². The fraction of sp³-hybridized carbons (Fsp3) is 0.440. The molecule has 4 heteroatoms. The van der Waals surface area contributed by atoms with E-state index in [2.05, 4.69) is 61.7 Å². The maximum atomic E-state index is 13.0. The highest BCUT2D eigenvalue weighted by atomic mass is 16.2. The summed E-state index contributed by atoms with van der Waals surface area (Å²) in [6, 6.07) is 14.6. The van der Waals surface area contributed by atoms with Gasteiger partial charge in [-0.3, -0.25) is 4.79 Å². The van der Waals surface area contributed by atoms with Gasteiger partial charge in [0.15, 0.2) is 0 Å². The third-order valence-electron chi connectivity index (χ3n) is 6.12. The summed E-state index contributed by atoms with van der Waals surface area (Å²) in [5.74, 6) is 1.42. The summed E-state index contributed by atoms with van der Waals surface area (Å²) in [7, 11) is 0. The van der Waals surface area contributed by atoms with Crippen LogP contribution in [-0.4, -0.2) is 22.0 Å². The van der Waals surface area contributed by atoms with Crippen molar-refractivity contribution in [2.75, 3.05) is 11.4 Å². The van der Waals surface area contributed by atoms with Gasteiger partial charge in [-0.15, -0.1) is 0 Å². The minimum Gasteiger partial charge on any atom is -0.328 e. The smallest absolute Gasteiger partial charge is 0.227 e. The van der Waals surface area contributed by atoms with Gasteiger partial charge in [0.25, 0.3) is 0 Å². The summed E-state index contributed by atoms with van der Waals surface area (Å²) in [4.78, 5) is 19.9. The molecule has 1 amide bonds. The maximum Gasteiger partial charge on any atom is 0.227 e. The van der Waals surface area contributed by atoms with Crippen LogP contribution < -0.4 is 4.90 Å². The van der Waals surface area contributed by atoms with Crippen LogP contribution in [0.5, 0.6) is 0 Å². The quantitative estimate of drug-likeness (QED) is 0.482. The Morgan fingerprint density at radius 3 is 2.52 bits per heavy atom. The Balaban J connectivity index is 1.65. The Labute approximate surface area is 173 Å². The third-order valence-corrected chi connectivity index (χ3v) is 6.12. The van der Waals surface area contributed by atoms with Gasteiger partial charge in [-0.05, 0) is 43.5 Å². The molecule has 1 aliphatic heterocycles. The van der Waals surface area contributed by atoms with E-state index >= 15 is 0 Å². The van der Waals surface area contributed by atoms with Gasteiger partial charge in [0.05, 0.1) is 11.0 Å². The molecule has 0 N–H and O–H groups in total. The standard InChI is InChI=1S/C25H31N3O/c1-4-5-6-9-15-27-22-14-8-7-13-21(22)26-25(27)20-16-23(29)28(17-20)24-18(2)11-10-12-19(24)3/h7-8,10-14,20H,4-6,9,15-17H2,1-3H3. The van der Waals surface area contributed by atoms with Crippen LogP contribution in [0.3, 0.4) is 0 Å². The molecule has 0 radical (unpaired) electrons. The number of hydrogen-bond donors (Lipinski definition) is 0. The molecular weight excluding hydrogens is 358 g/mol. The lowest BCUT2D eigenvalue weighted by molar-refractivity contribution is -0.117. The van der Waals surface area contributed by atoms with Crippen molar-refractivity contribution in [2.24, 2.45) is 0 Å². The average molecular weight is 390 g/mol. The Hall–Kier alpha value is -2.62. The molecular formula is C25H31N3O. The van der Waals surface area contributed by atoms with Crippen LogP contribution in [0.2, 0.25) is 0 Å². The number of rotatable bonds is 7. The van der Waals surface area contributed by atoms with E-state index in [0.29, 0.717) is 13.0 Å². The van der Waals surface area contributed by atoms with Gasteiger partial charge < -0.3 is 9.47 Å². The van der Waals surface area contributed by atoms with Gasteiger partial charge in [0, 0.05) is 31.1 Å². The van der Waals surface area contributed by atoms with Gasteiger partial charge in [0.2, 0.25) is 5.91 Å². The fourth-order valence-corrected chi connectivity index (χ4v) is 4.67. The number of para-hydroxylation sites is 3. The fourth-order valence-electron chi connectivity index (χ4n) is 4.67. The number of imidazole rings is 1. The number of anilines is 1. The molecule has 1 fully saturated rings. The van der Waals surface area contributed by atoms with Gasteiger partial charge >= 0.3 is 0 Å². The molecule has 152 valence electrons. The predicted octanol–water partition coefficient (Wildman–Crippen LogP) is 5.75. The van der Waals surface area contributed by atoms with Gasteiger partial charge in [0.1, 0.15) is 5.82 Å². The number of fused-ring (bicyclic) bond motifs is 1. The van der Waals surface area contributed by atoms with Crippen molar-refractivity contribution in [3.8, 4) is 0 Å². The number of unbranched alkanes of at least 4 members (excludes halogenated alkanes) is 3. The van der Waals surface area contributed by atoms with E-state index in [9.17, 15) is 4.79 Å². The minimum atomic E-state index is 0.139. The van der Waals surface area contributed by atoms with E-state index in [-0.39, 0.29) is 11.8 Å². The predicted molar refractivity (Wildman–Crippen MR) is 120 cm³/mol. The molecule has 0 aliphatic carbocycles. The molecule has 2 aromatic carbocycles.